The molecule has 0 saturated carbocycles. The first-order chi connectivity index (χ1) is 6.58. The van der Waals surface area contributed by atoms with Gasteiger partial charge in [0.2, 0.25) is 0 Å². The van der Waals surface area contributed by atoms with Gasteiger partial charge in [-0.2, -0.15) is 0 Å². The van der Waals surface area contributed by atoms with Gasteiger partial charge in [0.1, 0.15) is 0 Å². The average molecular weight is 190 g/mol. The molecule has 0 heterocycles. The molecule has 0 bridgehead atoms. The van der Waals surface area contributed by atoms with Crippen LogP contribution in [0.5, 0.6) is 0 Å². The van der Waals surface area contributed by atoms with Crippen molar-refractivity contribution in [3.05, 3.63) is 47.0 Å². The van der Waals surface area contributed by atoms with Gasteiger partial charge in [-0.3, -0.25) is 0 Å². The highest BCUT2D eigenvalue weighted by Gasteiger charge is 1.97. The molecule has 0 fully saturated rings. The predicted octanol–water partition coefficient (Wildman–Crippen LogP) is 2.57. The van der Waals surface area contributed by atoms with Gasteiger partial charge in [-0.15, -0.1) is 0 Å². The van der Waals surface area contributed by atoms with Gasteiger partial charge in [-0.25, -0.2) is 4.79 Å². The molecule has 2 heteroatoms. The number of hydrogen-bond acceptors (Lipinski definition) is 1. The molecule has 0 radical (unpaired) electrons. The summed E-state index contributed by atoms with van der Waals surface area (Å²) < 4.78 is 0. The van der Waals surface area contributed by atoms with Gasteiger partial charge in [0.15, 0.2) is 0 Å². The smallest absolute Gasteiger partial charge is 0.328 e. The molecule has 0 unspecified atom stereocenters. The molecule has 0 aliphatic carbocycles. The maximum Gasteiger partial charge on any atom is 0.328 e. The number of hydrogen-bond donors (Lipinski definition) is 1. The van der Waals surface area contributed by atoms with Crippen LogP contribution in [0.1, 0.15) is 18.1 Å². The summed E-state index contributed by atoms with van der Waals surface area (Å²) in [6.07, 6.45) is 1.95. The monoisotopic (exact) mass is 190 g/mol. The van der Waals surface area contributed by atoms with Crippen molar-refractivity contribution in [2.75, 3.05) is 0 Å². The molecule has 1 aromatic rings. The van der Waals surface area contributed by atoms with E-state index in [4.69, 9.17) is 5.11 Å². The number of aryl methyl sites for hydroxylation is 1. The van der Waals surface area contributed by atoms with Gasteiger partial charge in [0, 0.05) is 6.08 Å². The summed E-state index contributed by atoms with van der Waals surface area (Å²) in [4.78, 5) is 10.4. The highest BCUT2D eigenvalue weighted by Crippen LogP contribution is 2.09. The summed E-state index contributed by atoms with van der Waals surface area (Å²) in [5.41, 5.74) is 3.22. The Bertz CT molecular complexity index is 364. The SMILES string of the molecule is CC(=CC(=O)O)Cc1cccc(C)c1. The number of carbonyl (C=O) groups is 1. The topological polar surface area (TPSA) is 37.3 Å². The van der Waals surface area contributed by atoms with Crippen molar-refractivity contribution in [3.8, 4) is 0 Å². The minimum Gasteiger partial charge on any atom is -0.478 e. The summed E-state index contributed by atoms with van der Waals surface area (Å²) in [5, 5.41) is 8.54. The van der Waals surface area contributed by atoms with Crippen LogP contribution in [0.15, 0.2) is 35.9 Å². The van der Waals surface area contributed by atoms with E-state index in [1.54, 1.807) is 0 Å². The third-order valence-corrected chi connectivity index (χ3v) is 1.94. The zero-order valence-corrected chi connectivity index (χ0v) is 8.45. The Morgan fingerprint density at radius 1 is 1.50 bits per heavy atom. The summed E-state index contributed by atoms with van der Waals surface area (Å²) in [6.45, 7) is 3.86. The minimum absolute atomic E-state index is 0.702. The van der Waals surface area contributed by atoms with Crippen molar-refractivity contribution in [1.29, 1.82) is 0 Å². The van der Waals surface area contributed by atoms with E-state index in [9.17, 15) is 4.79 Å². The van der Waals surface area contributed by atoms with Gasteiger partial charge in [-0.1, -0.05) is 35.4 Å². The van der Waals surface area contributed by atoms with Crippen LogP contribution in [0, 0.1) is 6.92 Å². The lowest BCUT2D eigenvalue weighted by Crippen LogP contribution is -1.93. The normalized spacial score (nSPS) is 11.4. The molecule has 0 saturated heterocycles. The molecule has 0 spiro atoms. The molecule has 0 atom stereocenters. The third-order valence-electron chi connectivity index (χ3n) is 1.94. The molecule has 0 aromatic heterocycles. The molecule has 1 rings (SSSR count). The first kappa shape index (κ1) is 10.5. The molecule has 1 aromatic carbocycles. The van der Waals surface area contributed by atoms with E-state index in [0.717, 1.165) is 11.1 Å². The summed E-state index contributed by atoms with van der Waals surface area (Å²) in [5.74, 6) is -0.879. The van der Waals surface area contributed by atoms with Gasteiger partial charge in [0.05, 0.1) is 0 Å². The first-order valence-electron chi connectivity index (χ1n) is 4.53. The second kappa shape index (κ2) is 4.61. The van der Waals surface area contributed by atoms with E-state index in [-0.39, 0.29) is 0 Å². The second-order valence-electron chi connectivity index (χ2n) is 3.49. The van der Waals surface area contributed by atoms with E-state index < -0.39 is 5.97 Å². The van der Waals surface area contributed by atoms with Gasteiger partial charge in [0.25, 0.3) is 0 Å². The summed E-state index contributed by atoms with van der Waals surface area (Å²) in [7, 11) is 0. The highest BCUT2D eigenvalue weighted by molar-refractivity contribution is 5.80. The second-order valence-corrected chi connectivity index (χ2v) is 3.49. The molecule has 0 aliphatic rings. The Morgan fingerprint density at radius 2 is 2.21 bits per heavy atom. The van der Waals surface area contributed by atoms with Crippen molar-refractivity contribution in [3.63, 3.8) is 0 Å². The summed E-state index contributed by atoms with van der Waals surface area (Å²) in [6, 6.07) is 8.09. The lowest BCUT2D eigenvalue weighted by Gasteiger charge is -2.01. The molecule has 0 aliphatic heterocycles. The Kier molecular flexibility index (Phi) is 3.46. The maximum absolute atomic E-state index is 10.4. The van der Waals surface area contributed by atoms with Crippen LogP contribution in [0.4, 0.5) is 0 Å². The Hall–Kier alpha value is -1.57. The Balaban J connectivity index is 2.74. The number of rotatable bonds is 3. The van der Waals surface area contributed by atoms with E-state index >= 15 is 0 Å². The molecule has 14 heavy (non-hydrogen) atoms. The van der Waals surface area contributed by atoms with Gasteiger partial charge >= 0.3 is 5.97 Å². The molecular weight excluding hydrogens is 176 g/mol. The zero-order chi connectivity index (χ0) is 10.6. The Morgan fingerprint density at radius 3 is 2.79 bits per heavy atom. The molecule has 2 nitrogen and oxygen atoms in total. The molecule has 74 valence electrons. The quantitative estimate of drug-likeness (QED) is 0.744. The largest absolute Gasteiger partial charge is 0.478 e. The van der Waals surface area contributed by atoms with Gasteiger partial charge < -0.3 is 5.11 Å². The van der Waals surface area contributed by atoms with Crippen LogP contribution >= 0.6 is 0 Å². The average Bonchev–Trinajstić information content (AvgIpc) is 2.01. The van der Waals surface area contributed by atoms with Crippen LogP contribution in [-0.2, 0) is 11.2 Å². The van der Waals surface area contributed by atoms with E-state index in [1.165, 1.54) is 11.6 Å². The lowest BCUT2D eigenvalue weighted by atomic mass is 10.0. The van der Waals surface area contributed by atoms with Crippen LogP contribution in [0.2, 0.25) is 0 Å². The fourth-order valence-corrected chi connectivity index (χ4v) is 1.41. The van der Waals surface area contributed by atoms with Crippen molar-refractivity contribution in [2.24, 2.45) is 0 Å². The zero-order valence-electron chi connectivity index (χ0n) is 8.45. The van der Waals surface area contributed by atoms with E-state index in [0.29, 0.717) is 6.42 Å². The van der Waals surface area contributed by atoms with Crippen molar-refractivity contribution in [1.82, 2.24) is 0 Å². The number of allylic oxidation sites excluding steroid dienone is 1. The fraction of sp³-hybridized carbons (Fsp3) is 0.250. The van der Waals surface area contributed by atoms with Crippen LogP contribution < -0.4 is 0 Å². The fourth-order valence-electron chi connectivity index (χ4n) is 1.41. The first-order valence-corrected chi connectivity index (χ1v) is 4.53. The third kappa shape index (κ3) is 3.44. The van der Waals surface area contributed by atoms with Crippen LogP contribution in [0.3, 0.4) is 0 Å². The standard InChI is InChI=1S/C12H14O2/c1-9-4-3-5-11(6-9)7-10(2)8-12(13)14/h3-6,8H,7H2,1-2H3,(H,13,14). The number of benzene rings is 1. The maximum atomic E-state index is 10.4. The Labute approximate surface area is 83.9 Å². The van der Waals surface area contributed by atoms with Crippen molar-refractivity contribution in [2.45, 2.75) is 20.3 Å². The highest BCUT2D eigenvalue weighted by atomic mass is 16.4. The van der Waals surface area contributed by atoms with Crippen molar-refractivity contribution < 1.29 is 9.90 Å². The number of aliphatic carboxylic acids is 1. The van der Waals surface area contributed by atoms with Crippen LogP contribution in [-0.4, -0.2) is 11.1 Å². The molecular formula is C12H14O2. The molecule has 0 amide bonds. The van der Waals surface area contributed by atoms with Crippen LogP contribution in [0.25, 0.3) is 0 Å². The van der Waals surface area contributed by atoms with E-state index in [1.807, 2.05) is 32.0 Å². The number of carboxylic acids is 1. The summed E-state index contributed by atoms with van der Waals surface area (Å²) >= 11 is 0. The number of carboxylic acid groups (broad SMARTS) is 1. The lowest BCUT2D eigenvalue weighted by molar-refractivity contribution is -0.131. The van der Waals surface area contributed by atoms with Crippen molar-refractivity contribution >= 4 is 5.97 Å². The van der Waals surface area contributed by atoms with Gasteiger partial charge in [-0.05, 0) is 25.8 Å². The van der Waals surface area contributed by atoms with E-state index in [2.05, 4.69) is 6.07 Å². The predicted molar refractivity (Wildman–Crippen MR) is 56.3 cm³/mol. The minimum atomic E-state index is -0.879. The molecule has 1 N–H and O–H groups in total.